The molecule has 0 aliphatic carbocycles. The highest BCUT2D eigenvalue weighted by atomic mass is 16.2. The van der Waals surface area contributed by atoms with Gasteiger partial charge < -0.3 is 0 Å². The SMILES string of the molecule is CC.O=C1CC[C@@H](N2C(=O)Cc3ccccc3C2=O)C(=O)N1.[HH]. The van der Waals surface area contributed by atoms with Crippen LogP contribution in [-0.4, -0.2) is 34.6 Å². The first-order chi connectivity index (χ1) is 10.6. The van der Waals surface area contributed by atoms with E-state index in [0.29, 0.717) is 11.1 Å². The highest BCUT2D eigenvalue weighted by molar-refractivity contribution is 6.13. The van der Waals surface area contributed by atoms with Gasteiger partial charge in [-0.2, -0.15) is 0 Å². The molecule has 1 atom stereocenters. The van der Waals surface area contributed by atoms with E-state index in [1.165, 1.54) is 0 Å². The zero-order valence-corrected chi connectivity index (χ0v) is 12.6. The molecule has 0 radical (unpaired) electrons. The number of hydrogen-bond acceptors (Lipinski definition) is 4. The first-order valence-electron chi connectivity index (χ1n) is 7.36. The fourth-order valence-corrected chi connectivity index (χ4v) is 2.62. The lowest BCUT2D eigenvalue weighted by Gasteiger charge is -2.34. The molecule has 1 aromatic rings. The number of rotatable bonds is 1. The van der Waals surface area contributed by atoms with E-state index in [2.05, 4.69) is 5.32 Å². The van der Waals surface area contributed by atoms with Gasteiger partial charge in [0.2, 0.25) is 17.7 Å². The lowest BCUT2D eigenvalue weighted by molar-refractivity contribution is -0.143. The normalized spacial score (nSPS) is 20.8. The number of nitrogens with zero attached hydrogens (tertiary/aromatic N) is 1. The second-order valence-corrected chi connectivity index (χ2v) is 4.87. The molecule has 1 aromatic carbocycles. The van der Waals surface area contributed by atoms with E-state index in [0.717, 1.165) is 4.90 Å². The fourth-order valence-electron chi connectivity index (χ4n) is 2.62. The largest absolute Gasteiger partial charge is 0.295 e. The van der Waals surface area contributed by atoms with Gasteiger partial charge in [0.05, 0.1) is 6.42 Å². The number of amides is 4. The van der Waals surface area contributed by atoms with E-state index >= 15 is 0 Å². The molecule has 22 heavy (non-hydrogen) atoms. The van der Waals surface area contributed by atoms with Crippen molar-refractivity contribution < 1.29 is 20.6 Å². The summed E-state index contributed by atoms with van der Waals surface area (Å²) in [6.07, 6.45) is 0.416. The van der Waals surface area contributed by atoms with Crippen LogP contribution in [0.1, 0.15) is 44.0 Å². The van der Waals surface area contributed by atoms with Crippen molar-refractivity contribution in [1.82, 2.24) is 10.2 Å². The van der Waals surface area contributed by atoms with Gasteiger partial charge in [0.15, 0.2) is 0 Å². The van der Waals surface area contributed by atoms with E-state index in [9.17, 15) is 19.2 Å². The molecule has 0 aromatic heterocycles. The summed E-state index contributed by atoms with van der Waals surface area (Å²) in [5.74, 6) is -1.82. The minimum Gasteiger partial charge on any atom is -0.295 e. The Morgan fingerprint density at radius 3 is 2.50 bits per heavy atom. The minimum atomic E-state index is -0.888. The van der Waals surface area contributed by atoms with Gasteiger partial charge in [0, 0.05) is 13.4 Å². The predicted octanol–water partition coefficient (Wildman–Crippen LogP) is 1.29. The zero-order chi connectivity index (χ0) is 16.3. The third-order valence-electron chi connectivity index (χ3n) is 3.60. The van der Waals surface area contributed by atoms with Crippen molar-refractivity contribution in [1.29, 1.82) is 0 Å². The molecule has 0 saturated carbocycles. The summed E-state index contributed by atoms with van der Waals surface area (Å²) in [5, 5.41) is 2.17. The molecule has 4 amide bonds. The van der Waals surface area contributed by atoms with Crippen LogP contribution in [0.2, 0.25) is 0 Å². The average molecular weight is 304 g/mol. The molecular formula is C16H20N2O4. The number of hydrogen-bond donors (Lipinski definition) is 1. The lowest BCUT2D eigenvalue weighted by atomic mass is 9.95. The maximum Gasteiger partial charge on any atom is 0.261 e. The van der Waals surface area contributed by atoms with E-state index in [4.69, 9.17) is 0 Å². The van der Waals surface area contributed by atoms with E-state index < -0.39 is 23.8 Å². The van der Waals surface area contributed by atoms with Crippen molar-refractivity contribution in [2.75, 3.05) is 0 Å². The summed E-state index contributed by atoms with van der Waals surface area (Å²) in [7, 11) is 0. The first kappa shape index (κ1) is 15.9. The maximum absolute atomic E-state index is 12.4. The van der Waals surface area contributed by atoms with Gasteiger partial charge in [0.1, 0.15) is 6.04 Å². The number of piperidine rings is 1. The molecule has 1 saturated heterocycles. The van der Waals surface area contributed by atoms with Crippen LogP contribution in [0, 0.1) is 0 Å². The van der Waals surface area contributed by atoms with Gasteiger partial charge in [-0.15, -0.1) is 0 Å². The molecular weight excluding hydrogens is 284 g/mol. The van der Waals surface area contributed by atoms with Crippen molar-refractivity contribution in [3.63, 3.8) is 0 Å². The van der Waals surface area contributed by atoms with Crippen LogP contribution in [0.15, 0.2) is 24.3 Å². The van der Waals surface area contributed by atoms with Crippen LogP contribution < -0.4 is 5.32 Å². The molecule has 118 valence electrons. The van der Waals surface area contributed by atoms with Crippen LogP contribution in [0.3, 0.4) is 0 Å². The van der Waals surface area contributed by atoms with Gasteiger partial charge in [-0.25, -0.2) is 0 Å². The van der Waals surface area contributed by atoms with Crippen LogP contribution in [-0.2, 0) is 20.8 Å². The Morgan fingerprint density at radius 2 is 1.82 bits per heavy atom. The first-order valence-corrected chi connectivity index (χ1v) is 7.36. The van der Waals surface area contributed by atoms with Gasteiger partial charge in [-0.05, 0) is 18.1 Å². The van der Waals surface area contributed by atoms with Crippen molar-refractivity contribution in [2.24, 2.45) is 0 Å². The number of fused-ring (bicyclic) bond motifs is 1. The molecule has 0 unspecified atom stereocenters. The molecule has 0 bridgehead atoms. The van der Waals surface area contributed by atoms with Gasteiger partial charge in [-0.3, -0.25) is 29.4 Å². The quantitative estimate of drug-likeness (QED) is 0.792. The third-order valence-corrected chi connectivity index (χ3v) is 3.60. The monoisotopic (exact) mass is 304 g/mol. The van der Waals surface area contributed by atoms with Gasteiger partial charge in [0.25, 0.3) is 5.91 Å². The lowest BCUT2D eigenvalue weighted by Crippen LogP contribution is -2.57. The summed E-state index contributed by atoms with van der Waals surface area (Å²) in [6.45, 7) is 4.00. The molecule has 2 aliphatic heterocycles. The van der Waals surface area contributed by atoms with Gasteiger partial charge in [-0.1, -0.05) is 32.0 Å². The highest BCUT2D eigenvalue weighted by Gasteiger charge is 2.41. The summed E-state index contributed by atoms with van der Waals surface area (Å²) in [6, 6.07) is 5.97. The summed E-state index contributed by atoms with van der Waals surface area (Å²) < 4.78 is 0. The molecule has 1 fully saturated rings. The topological polar surface area (TPSA) is 83.6 Å². The Labute approximate surface area is 130 Å². The Hall–Kier alpha value is -2.50. The van der Waals surface area contributed by atoms with Crippen molar-refractivity contribution in [3.05, 3.63) is 35.4 Å². The van der Waals surface area contributed by atoms with Crippen molar-refractivity contribution in [2.45, 2.75) is 39.2 Å². The van der Waals surface area contributed by atoms with Crippen LogP contribution in [0.5, 0.6) is 0 Å². The second-order valence-electron chi connectivity index (χ2n) is 4.87. The molecule has 2 aliphatic rings. The van der Waals surface area contributed by atoms with Crippen LogP contribution in [0.25, 0.3) is 0 Å². The standard InChI is InChI=1S/C14H12N2O4.C2H6.H2/c17-11-6-5-10(13(19)15-11)16-12(18)7-8-3-1-2-4-9(8)14(16)20;1-2;/h1-4,10H,5-7H2,(H,15,17,19);1-2H3;1H/t10-;;/m1../s1. The number of imide groups is 2. The van der Waals surface area contributed by atoms with E-state index in [-0.39, 0.29) is 26.6 Å². The minimum absolute atomic E-state index is 0. The van der Waals surface area contributed by atoms with E-state index in [1.54, 1.807) is 24.3 Å². The Balaban J connectivity index is 0.000000849. The fraction of sp³-hybridized carbons (Fsp3) is 0.375. The maximum atomic E-state index is 12.4. The molecule has 1 N–H and O–H groups in total. The average Bonchev–Trinajstić information content (AvgIpc) is 2.51. The third kappa shape index (κ3) is 2.77. The number of carbonyl (C=O) groups excluding carboxylic acids is 4. The molecule has 2 heterocycles. The Morgan fingerprint density at radius 1 is 1.14 bits per heavy atom. The van der Waals surface area contributed by atoms with Gasteiger partial charge >= 0.3 is 0 Å². The van der Waals surface area contributed by atoms with Crippen molar-refractivity contribution >= 4 is 23.6 Å². The highest BCUT2D eigenvalue weighted by Crippen LogP contribution is 2.24. The second kappa shape index (κ2) is 6.51. The molecule has 6 nitrogen and oxygen atoms in total. The summed E-state index contributed by atoms with van der Waals surface area (Å²) in [5.41, 5.74) is 1.11. The molecule has 6 heteroatoms. The summed E-state index contributed by atoms with van der Waals surface area (Å²) in [4.78, 5) is 48.5. The number of carbonyl (C=O) groups is 4. The Kier molecular flexibility index (Phi) is 4.70. The van der Waals surface area contributed by atoms with Crippen molar-refractivity contribution in [3.8, 4) is 0 Å². The number of nitrogens with one attached hydrogen (secondary N) is 1. The van der Waals surface area contributed by atoms with Crippen LogP contribution >= 0.6 is 0 Å². The van der Waals surface area contributed by atoms with Crippen LogP contribution in [0.4, 0.5) is 0 Å². The smallest absolute Gasteiger partial charge is 0.261 e. The molecule has 0 spiro atoms. The summed E-state index contributed by atoms with van der Waals surface area (Å²) >= 11 is 0. The number of benzene rings is 1. The predicted molar refractivity (Wildman–Crippen MR) is 81.0 cm³/mol. The Bertz CT molecular complexity index is 645. The molecule has 3 rings (SSSR count). The van der Waals surface area contributed by atoms with E-state index in [1.807, 2.05) is 13.8 Å². The zero-order valence-electron chi connectivity index (χ0n) is 12.6.